The van der Waals surface area contributed by atoms with Crippen molar-refractivity contribution in [2.24, 2.45) is 0 Å². The fourth-order valence-corrected chi connectivity index (χ4v) is 4.54. The summed E-state index contributed by atoms with van der Waals surface area (Å²) >= 11 is 1.65. The van der Waals surface area contributed by atoms with Crippen LogP contribution in [0.5, 0.6) is 0 Å². The molecule has 0 saturated carbocycles. The number of anilines is 1. The summed E-state index contributed by atoms with van der Waals surface area (Å²) in [5.74, 6) is 0.785. The van der Waals surface area contributed by atoms with Crippen molar-refractivity contribution in [3.63, 3.8) is 0 Å². The molecule has 0 saturated heterocycles. The molecule has 108 valence electrons. The van der Waals surface area contributed by atoms with Gasteiger partial charge in [0.1, 0.15) is 0 Å². The largest absolute Gasteiger partial charge is 0.399 e. The maximum atomic E-state index is 12.6. The van der Waals surface area contributed by atoms with E-state index in [0.717, 1.165) is 17.7 Å². The second kappa shape index (κ2) is 6.63. The number of hydrogen-bond acceptors (Lipinski definition) is 4. The summed E-state index contributed by atoms with van der Waals surface area (Å²) < 4.78 is 26.7. The van der Waals surface area contributed by atoms with E-state index in [1.54, 1.807) is 37.9 Å². The maximum absolute atomic E-state index is 12.6. The minimum atomic E-state index is -3.49. The van der Waals surface area contributed by atoms with Gasteiger partial charge < -0.3 is 5.73 Å². The summed E-state index contributed by atoms with van der Waals surface area (Å²) in [7, 11) is -1.84. The molecule has 1 aromatic carbocycles. The van der Waals surface area contributed by atoms with E-state index in [2.05, 4.69) is 0 Å². The smallest absolute Gasteiger partial charge is 0.243 e. The highest BCUT2D eigenvalue weighted by Crippen LogP contribution is 2.24. The highest BCUT2D eigenvalue weighted by Gasteiger charge is 2.28. The number of nitrogens with zero attached hydrogens (tertiary/aromatic N) is 1. The first-order valence-electron chi connectivity index (χ1n) is 6.17. The van der Waals surface area contributed by atoms with Crippen molar-refractivity contribution < 1.29 is 8.42 Å². The van der Waals surface area contributed by atoms with Gasteiger partial charge in [0.05, 0.1) is 4.90 Å². The van der Waals surface area contributed by atoms with Gasteiger partial charge in [-0.15, -0.1) is 0 Å². The van der Waals surface area contributed by atoms with Gasteiger partial charge in [0, 0.05) is 24.5 Å². The van der Waals surface area contributed by atoms with Crippen LogP contribution < -0.4 is 5.73 Å². The van der Waals surface area contributed by atoms with Gasteiger partial charge in [-0.3, -0.25) is 0 Å². The molecule has 1 unspecified atom stereocenters. The second-order valence-electron chi connectivity index (χ2n) is 4.56. The predicted molar refractivity (Wildman–Crippen MR) is 83.0 cm³/mol. The van der Waals surface area contributed by atoms with E-state index in [9.17, 15) is 8.42 Å². The average molecular weight is 302 g/mol. The highest BCUT2D eigenvalue weighted by atomic mass is 32.2. The molecular formula is C13H22N2O2S2. The Labute approximate surface area is 120 Å². The van der Waals surface area contributed by atoms with Crippen molar-refractivity contribution in [3.05, 3.63) is 23.8 Å². The zero-order valence-electron chi connectivity index (χ0n) is 11.9. The average Bonchev–Trinajstić information content (AvgIpc) is 2.37. The van der Waals surface area contributed by atoms with Crippen LogP contribution in [0, 0.1) is 6.92 Å². The molecule has 4 nitrogen and oxygen atoms in total. The van der Waals surface area contributed by atoms with E-state index >= 15 is 0 Å². The van der Waals surface area contributed by atoms with Gasteiger partial charge in [-0.1, -0.05) is 13.0 Å². The van der Waals surface area contributed by atoms with Crippen molar-refractivity contribution >= 4 is 27.5 Å². The standard InChI is InChI=1S/C13H22N2O2S2/c1-5-12(9-18-4)15(3)19(16,17)13-8-11(14)7-6-10(13)2/h6-8,12H,5,9,14H2,1-4H3. The molecule has 0 aliphatic rings. The minimum Gasteiger partial charge on any atom is -0.399 e. The lowest BCUT2D eigenvalue weighted by Crippen LogP contribution is -2.38. The first-order valence-corrected chi connectivity index (χ1v) is 9.01. The van der Waals surface area contributed by atoms with E-state index in [1.807, 2.05) is 13.2 Å². The van der Waals surface area contributed by atoms with Crippen LogP contribution in [0.2, 0.25) is 0 Å². The van der Waals surface area contributed by atoms with E-state index in [4.69, 9.17) is 5.73 Å². The molecule has 1 aromatic rings. The second-order valence-corrected chi connectivity index (χ2v) is 7.44. The topological polar surface area (TPSA) is 63.4 Å². The van der Waals surface area contributed by atoms with E-state index in [0.29, 0.717) is 10.6 Å². The Bertz CT molecular complexity index is 529. The lowest BCUT2D eigenvalue weighted by atomic mass is 10.2. The third kappa shape index (κ3) is 3.64. The normalized spacial score (nSPS) is 13.7. The summed E-state index contributed by atoms with van der Waals surface area (Å²) in [6, 6.07) is 4.99. The molecular weight excluding hydrogens is 280 g/mol. The monoisotopic (exact) mass is 302 g/mol. The first kappa shape index (κ1) is 16.3. The summed E-state index contributed by atoms with van der Waals surface area (Å²) in [6.07, 6.45) is 2.77. The highest BCUT2D eigenvalue weighted by molar-refractivity contribution is 7.98. The zero-order chi connectivity index (χ0) is 14.6. The van der Waals surface area contributed by atoms with Crippen LogP contribution in [0.3, 0.4) is 0 Å². The molecule has 0 heterocycles. The van der Waals surface area contributed by atoms with Gasteiger partial charge in [-0.25, -0.2) is 8.42 Å². The fraction of sp³-hybridized carbons (Fsp3) is 0.538. The number of benzene rings is 1. The molecule has 0 fully saturated rings. The SMILES string of the molecule is CCC(CSC)N(C)S(=O)(=O)c1cc(N)ccc1C. The molecule has 1 rings (SSSR count). The van der Waals surface area contributed by atoms with Crippen LogP contribution in [-0.4, -0.2) is 37.8 Å². The van der Waals surface area contributed by atoms with Crippen LogP contribution in [0.4, 0.5) is 5.69 Å². The third-order valence-electron chi connectivity index (χ3n) is 3.21. The molecule has 19 heavy (non-hydrogen) atoms. The molecule has 0 aromatic heterocycles. The molecule has 2 N–H and O–H groups in total. The van der Waals surface area contributed by atoms with E-state index < -0.39 is 10.0 Å². The summed E-state index contributed by atoms with van der Waals surface area (Å²) in [5, 5.41) is 0. The Morgan fingerprint density at radius 1 is 1.42 bits per heavy atom. The Morgan fingerprint density at radius 3 is 2.58 bits per heavy atom. The van der Waals surface area contributed by atoms with Crippen molar-refractivity contribution in [1.29, 1.82) is 0 Å². The molecule has 0 radical (unpaired) electrons. The Morgan fingerprint density at radius 2 is 2.05 bits per heavy atom. The van der Waals surface area contributed by atoms with Crippen LogP contribution in [0.1, 0.15) is 18.9 Å². The van der Waals surface area contributed by atoms with E-state index in [-0.39, 0.29) is 6.04 Å². The van der Waals surface area contributed by atoms with Crippen LogP contribution >= 0.6 is 11.8 Å². The summed E-state index contributed by atoms with van der Waals surface area (Å²) in [6.45, 7) is 3.79. The van der Waals surface area contributed by atoms with Crippen LogP contribution in [0.25, 0.3) is 0 Å². The van der Waals surface area contributed by atoms with E-state index in [1.165, 1.54) is 10.4 Å². The van der Waals surface area contributed by atoms with Crippen LogP contribution in [0.15, 0.2) is 23.1 Å². The van der Waals surface area contributed by atoms with Gasteiger partial charge >= 0.3 is 0 Å². The van der Waals surface area contributed by atoms with Crippen molar-refractivity contribution in [2.75, 3.05) is 24.8 Å². The molecule has 0 amide bonds. The number of aryl methyl sites for hydroxylation is 1. The Kier molecular flexibility index (Phi) is 5.70. The number of nitrogens with two attached hydrogens (primary N) is 1. The van der Waals surface area contributed by atoms with Gasteiger partial charge in [0.15, 0.2) is 0 Å². The Balaban J connectivity index is 3.19. The maximum Gasteiger partial charge on any atom is 0.243 e. The van der Waals surface area contributed by atoms with Crippen molar-refractivity contribution in [2.45, 2.75) is 31.2 Å². The van der Waals surface area contributed by atoms with Crippen LogP contribution in [-0.2, 0) is 10.0 Å². The number of nitrogen functional groups attached to an aromatic ring is 1. The summed E-state index contributed by atoms with van der Waals surface area (Å²) in [5.41, 5.74) is 6.89. The molecule has 0 bridgehead atoms. The van der Waals surface area contributed by atoms with Gasteiger partial charge in [-0.05, 0) is 37.3 Å². The lowest BCUT2D eigenvalue weighted by molar-refractivity contribution is 0.385. The molecule has 6 heteroatoms. The predicted octanol–water partition coefficient (Wildman–Crippen LogP) is 2.34. The molecule has 0 aliphatic carbocycles. The fourth-order valence-electron chi connectivity index (χ4n) is 1.92. The molecule has 0 spiro atoms. The zero-order valence-corrected chi connectivity index (χ0v) is 13.5. The van der Waals surface area contributed by atoms with Gasteiger partial charge in [-0.2, -0.15) is 16.1 Å². The first-order chi connectivity index (χ1) is 8.84. The number of hydrogen-bond donors (Lipinski definition) is 1. The number of sulfonamides is 1. The number of thioether (sulfide) groups is 1. The number of rotatable bonds is 6. The Hall–Kier alpha value is -0.720. The molecule has 1 atom stereocenters. The lowest BCUT2D eigenvalue weighted by Gasteiger charge is -2.26. The van der Waals surface area contributed by atoms with Gasteiger partial charge in [0.2, 0.25) is 10.0 Å². The quantitative estimate of drug-likeness (QED) is 0.819. The third-order valence-corrected chi connectivity index (χ3v) is 5.98. The van der Waals surface area contributed by atoms with Gasteiger partial charge in [0.25, 0.3) is 0 Å². The van der Waals surface area contributed by atoms with Crippen molar-refractivity contribution in [3.8, 4) is 0 Å². The summed E-state index contributed by atoms with van der Waals surface area (Å²) in [4.78, 5) is 0.301. The molecule has 0 aliphatic heterocycles. The minimum absolute atomic E-state index is 0.000769. The van der Waals surface area contributed by atoms with Crippen molar-refractivity contribution in [1.82, 2.24) is 4.31 Å².